The van der Waals surface area contributed by atoms with Gasteiger partial charge in [-0.1, -0.05) is 44.1 Å². The normalized spacial score (nSPS) is 11.7. The number of rotatable bonds is 13. The lowest BCUT2D eigenvalue weighted by atomic mass is 10.2. The zero-order chi connectivity index (χ0) is 27.8. The molecule has 0 aliphatic heterocycles. The van der Waals surface area contributed by atoms with Crippen molar-refractivity contribution in [3.8, 4) is 5.75 Å². The number of methoxy groups -OCH3 is 1. The molecule has 2 heterocycles. The summed E-state index contributed by atoms with van der Waals surface area (Å²) in [5.74, 6) is 0.398. The number of ether oxygens (including phenoxy) is 1. The number of aromatic nitrogens is 2. The molecule has 0 saturated carbocycles. The average molecular weight is 567 g/mol. The minimum absolute atomic E-state index is 0.189. The van der Waals surface area contributed by atoms with Crippen LogP contribution in [0.1, 0.15) is 55.6 Å². The van der Waals surface area contributed by atoms with E-state index < -0.39 is 10.0 Å². The van der Waals surface area contributed by atoms with Crippen LogP contribution in [-0.2, 0) is 16.6 Å². The molecule has 0 N–H and O–H groups in total. The van der Waals surface area contributed by atoms with Crippen LogP contribution in [0, 0.1) is 0 Å². The molecule has 1 amide bonds. The average Bonchev–Trinajstić information content (AvgIpc) is 3.39. The van der Waals surface area contributed by atoms with Crippen molar-refractivity contribution in [2.24, 2.45) is 0 Å². The number of hydrogen-bond donors (Lipinski definition) is 0. The number of anilines is 1. The highest BCUT2D eigenvalue weighted by Crippen LogP contribution is 2.33. The van der Waals surface area contributed by atoms with Gasteiger partial charge in [-0.2, -0.15) is 4.31 Å². The Balaban J connectivity index is 1.65. The van der Waals surface area contributed by atoms with Gasteiger partial charge in [0.2, 0.25) is 10.0 Å². The van der Waals surface area contributed by atoms with E-state index in [0.717, 1.165) is 35.9 Å². The Bertz CT molecular complexity index is 1480. The fourth-order valence-corrected chi connectivity index (χ4v) is 6.57. The summed E-state index contributed by atoms with van der Waals surface area (Å²) in [4.78, 5) is 24.7. The molecule has 206 valence electrons. The lowest BCUT2D eigenvalue weighted by Crippen LogP contribution is -2.33. The van der Waals surface area contributed by atoms with Gasteiger partial charge >= 0.3 is 0 Å². The quantitative estimate of drug-likeness (QED) is 0.193. The molecule has 10 heteroatoms. The van der Waals surface area contributed by atoms with Crippen LogP contribution in [0.2, 0.25) is 0 Å². The molecule has 0 spiro atoms. The first-order valence-electron chi connectivity index (χ1n) is 13.1. The van der Waals surface area contributed by atoms with E-state index >= 15 is 0 Å². The summed E-state index contributed by atoms with van der Waals surface area (Å²) >= 11 is 1.40. The zero-order valence-electron chi connectivity index (χ0n) is 22.5. The monoisotopic (exact) mass is 566 g/mol. The van der Waals surface area contributed by atoms with Crippen LogP contribution in [0.25, 0.3) is 10.2 Å². The van der Waals surface area contributed by atoms with E-state index in [4.69, 9.17) is 9.72 Å². The third kappa shape index (κ3) is 6.81. The zero-order valence-corrected chi connectivity index (χ0v) is 24.2. The number of thiazole rings is 1. The third-order valence-electron chi connectivity index (χ3n) is 6.37. The van der Waals surface area contributed by atoms with Gasteiger partial charge in [0.1, 0.15) is 5.75 Å². The minimum atomic E-state index is -3.66. The minimum Gasteiger partial charge on any atom is -0.497 e. The van der Waals surface area contributed by atoms with Crippen LogP contribution in [-0.4, -0.2) is 48.8 Å². The van der Waals surface area contributed by atoms with Gasteiger partial charge in [-0.05, 0) is 61.4 Å². The number of carbonyl (C=O) groups excluding carboxylic acids is 1. The first-order valence-corrected chi connectivity index (χ1v) is 15.4. The first-order chi connectivity index (χ1) is 18.9. The van der Waals surface area contributed by atoms with Gasteiger partial charge in [0.25, 0.3) is 5.91 Å². The molecule has 0 radical (unpaired) electrons. The molecule has 0 aliphatic carbocycles. The van der Waals surface area contributed by atoms with Crippen molar-refractivity contribution in [1.29, 1.82) is 0 Å². The van der Waals surface area contributed by atoms with Crippen LogP contribution >= 0.6 is 11.3 Å². The predicted molar refractivity (Wildman–Crippen MR) is 156 cm³/mol. The van der Waals surface area contributed by atoms with Crippen LogP contribution < -0.4 is 9.64 Å². The molecule has 0 saturated heterocycles. The molecular weight excluding hydrogens is 532 g/mol. The topological polar surface area (TPSA) is 92.7 Å². The molecule has 4 aromatic rings. The number of carbonyl (C=O) groups is 1. The number of pyridine rings is 1. The SMILES string of the molecule is CCCCN(CCCC)S(=O)(=O)c1ccc(C(=O)N(Cc2ccccn2)c2nc3cc(OC)ccc3s2)cc1. The highest BCUT2D eigenvalue weighted by Gasteiger charge is 2.26. The molecule has 0 bridgehead atoms. The van der Waals surface area contributed by atoms with E-state index in [1.807, 2.05) is 50.2 Å². The fraction of sp³-hybridized carbons (Fsp3) is 0.345. The van der Waals surface area contributed by atoms with Crippen molar-refractivity contribution < 1.29 is 17.9 Å². The van der Waals surface area contributed by atoms with Crippen LogP contribution in [0.3, 0.4) is 0 Å². The number of unbranched alkanes of at least 4 members (excludes halogenated alkanes) is 2. The summed E-state index contributed by atoms with van der Waals surface area (Å²) < 4.78 is 34.6. The molecule has 0 unspecified atom stereocenters. The lowest BCUT2D eigenvalue weighted by Gasteiger charge is -2.22. The highest BCUT2D eigenvalue weighted by atomic mass is 32.2. The maximum atomic E-state index is 13.8. The van der Waals surface area contributed by atoms with Crippen LogP contribution in [0.5, 0.6) is 5.75 Å². The summed E-state index contributed by atoms with van der Waals surface area (Å²) in [6.07, 6.45) is 5.11. The third-order valence-corrected chi connectivity index (χ3v) is 9.34. The second kappa shape index (κ2) is 13.1. The number of benzene rings is 2. The Morgan fingerprint density at radius 3 is 2.31 bits per heavy atom. The van der Waals surface area contributed by atoms with Crippen LogP contribution in [0.15, 0.2) is 71.8 Å². The lowest BCUT2D eigenvalue weighted by molar-refractivity contribution is 0.0984. The van der Waals surface area contributed by atoms with Gasteiger partial charge in [0.05, 0.1) is 34.5 Å². The number of amides is 1. The predicted octanol–water partition coefficient (Wildman–Crippen LogP) is 6.14. The van der Waals surface area contributed by atoms with Gasteiger partial charge in [-0.3, -0.25) is 14.7 Å². The second-order valence-corrected chi connectivity index (χ2v) is 12.1. The molecule has 0 fully saturated rings. The van der Waals surface area contributed by atoms with E-state index in [9.17, 15) is 13.2 Å². The fourth-order valence-electron chi connectivity index (χ4n) is 4.11. The summed E-state index contributed by atoms with van der Waals surface area (Å²) in [5, 5.41) is 0.524. The maximum Gasteiger partial charge on any atom is 0.260 e. The van der Waals surface area contributed by atoms with E-state index in [-0.39, 0.29) is 17.3 Å². The Kier molecular flexibility index (Phi) is 9.66. The van der Waals surface area contributed by atoms with E-state index in [1.165, 1.54) is 23.5 Å². The van der Waals surface area contributed by atoms with Gasteiger partial charge < -0.3 is 4.74 Å². The molecule has 4 rings (SSSR count). The Hall–Kier alpha value is -3.34. The molecule has 0 atom stereocenters. The van der Waals surface area contributed by atoms with Crippen LogP contribution in [0.4, 0.5) is 5.13 Å². The van der Waals surface area contributed by atoms with Crippen molar-refractivity contribution in [3.63, 3.8) is 0 Å². The largest absolute Gasteiger partial charge is 0.497 e. The standard InChI is InChI=1S/C29H34N4O4S2/c1-4-6-18-32(19-7-5-2)39(35,36)25-14-11-22(12-15-25)28(34)33(21-23-10-8-9-17-30-23)29-31-26-20-24(37-3)13-16-27(26)38-29/h8-17,20H,4-7,18-19,21H2,1-3H3. The Labute approximate surface area is 234 Å². The highest BCUT2D eigenvalue weighted by molar-refractivity contribution is 7.89. The van der Waals surface area contributed by atoms with E-state index in [0.29, 0.717) is 35.2 Å². The Morgan fingerprint density at radius 1 is 0.974 bits per heavy atom. The molecular formula is C29H34N4O4S2. The molecule has 8 nitrogen and oxygen atoms in total. The molecule has 39 heavy (non-hydrogen) atoms. The van der Waals surface area contributed by atoms with Gasteiger partial charge in [-0.15, -0.1) is 0 Å². The number of nitrogens with zero attached hydrogens (tertiary/aromatic N) is 4. The first kappa shape index (κ1) is 28.7. The van der Waals surface area contributed by atoms with Crippen molar-refractivity contribution in [1.82, 2.24) is 14.3 Å². The van der Waals surface area contributed by atoms with Crippen molar-refractivity contribution in [3.05, 3.63) is 78.1 Å². The van der Waals surface area contributed by atoms with Gasteiger partial charge in [0.15, 0.2) is 5.13 Å². The molecule has 0 aliphatic rings. The second-order valence-electron chi connectivity index (χ2n) is 9.18. The van der Waals surface area contributed by atoms with E-state index in [2.05, 4.69) is 4.98 Å². The maximum absolute atomic E-state index is 13.8. The summed E-state index contributed by atoms with van der Waals surface area (Å²) in [6, 6.07) is 17.4. The summed E-state index contributed by atoms with van der Waals surface area (Å²) in [5.41, 5.74) is 1.81. The van der Waals surface area contributed by atoms with Crippen molar-refractivity contribution >= 4 is 42.6 Å². The van der Waals surface area contributed by atoms with E-state index in [1.54, 1.807) is 34.6 Å². The number of fused-ring (bicyclic) bond motifs is 1. The molecule has 2 aromatic heterocycles. The summed E-state index contributed by atoms with van der Waals surface area (Å²) in [7, 11) is -2.06. The van der Waals surface area contributed by atoms with Gasteiger partial charge in [0, 0.05) is 30.9 Å². The smallest absolute Gasteiger partial charge is 0.260 e. The van der Waals surface area contributed by atoms with Crippen molar-refractivity contribution in [2.75, 3.05) is 25.1 Å². The van der Waals surface area contributed by atoms with Crippen molar-refractivity contribution in [2.45, 2.75) is 51.0 Å². The number of hydrogen-bond acceptors (Lipinski definition) is 7. The Morgan fingerprint density at radius 2 is 1.69 bits per heavy atom. The number of sulfonamides is 1. The molecule has 2 aromatic carbocycles. The van der Waals surface area contributed by atoms with Gasteiger partial charge in [-0.25, -0.2) is 13.4 Å². The summed E-state index contributed by atoms with van der Waals surface area (Å²) in [6.45, 7) is 5.28.